The van der Waals surface area contributed by atoms with Gasteiger partial charge in [0.15, 0.2) is 0 Å². The van der Waals surface area contributed by atoms with Crippen LogP contribution in [0.4, 0.5) is 0 Å². The predicted molar refractivity (Wildman–Crippen MR) is 101 cm³/mol. The van der Waals surface area contributed by atoms with Crippen molar-refractivity contribution in [1.82, 2.24) is 4.90 Å². The number of hydrogen-bond acceptors (Lipinski definition) is 4. The molecule has 0 aromatic heterocycles. The first-order chi connectivity index (χ1) is 12.3. The van der Waals surface area contributed by atoms with E-state index >= 15 is 0 Å². The Balaban J connectivity index is 1.85. The Labute approximate surface area is 149 Å². The summed E-state index contributed by atoms with van der Waals surface area (Å²) >= 11 is 0. The Bertz CT molecular complexity index is 729. The highest BCUT2D eigenvalue weighted by Crippen LogP contribution is 2.25. The topological polar surface area (TPSA) is 34.1 Å². The van der Waals surface area contributed by atoms with Crippen molar-refractivity contribution in [2.45, 2.75) is 20.4 Å². The molecule has 130 valence electrons. The molecule has 1 heterocycles. The molecule has 0 saturated heterocycles. The number of rotatable bonds is 7. The number of nitrogens with zero attached hydrogens (tertiary/aromatic N) is 2. The molecule has 4 nitrogen and oxygen atoms in total. The number of ether oxygens (including phenoxy) is 2. The molecular formula is C21H24N2O2. The van der Waals surface area contributed by atoms with Crippen molar-refractivity contribution in [3.05, 3.63) is 71.9 Å². The molecule has 25 heavy (non-hydrogen) atoms. The number of aliphatic imine (C=N–C) groups is 1. The van der Waals surface area contributed by atoms with Gasteiger partial charge in [-0.15, -0.1) is 0 Å². The fraction of sp³-hybridized carbons (Fsp3) is 0.286. The second-order valence-corrected chi connectivity index (χ2v) is 5.76. The molecule has 0 fully saturated rings. The summed E-state index contributed by atoms with van der Waals surface area (Å²) < 4.78 is 11.4. The molecule has 1 aliphatic rings. The monoisotopic (exact) mass is 336 g/mol. The van der Waals surface area contributed by atoms with E-state index in [-0.39, 0.29) is 0 Å². The second-order valence-electron chi connectivity index (χ2n) is 5.76. The first kappa shape index (κ1) is 17.1. The van der Waals surface area contributed by atoms with E-state index in [0.717, 1.165) is 41.6 Å². The number of amidine groups is 1. The lowest BCUT2D eigenvalue weighted by Crippen LogP contribution is -2.33. The van der Waals surface area contributed by atoms with Gasteiger partial charge in [0.1, 0.15) is 17.3 Å². The lowest BCUT2D eigenvalue weighted by atomic mass is 10.1. The lowest BCUT2D eigenvalue weighted by Gasteiger charge is -2.27. The highest BCUT2D eigenvalue weighted by molar-refractivity contribution is 5.99. The highest BCUT2D eigenvalue weighted by Gasteiger charge is 2.16. The Morgan fingerprint density at radius 2 is 1.64 bits per heavy atom. The summed E-state index contributed by atoms with van der Waals surface area (Å²) in [5.41, 5.74) is 2.27. The van der Waals surface area contributed by atoms with Crippen LogP contribution in [0.15, 0.2) is 65.8 Å². The Morgan fingerprint density at radius 3 is 2.28 bits per heavy atom. The maximum absolute atomic E-state index is 5.69. The first-order valence-corrected chi connectivity index (χ1v) is 8.73. The SMILES string of the molecule is CCOc1cc(CN2CC=CN=C2c2ccccc2)cc(OCC)c1. The van der Waals surface area contributed by atoms with Gasteiger partial charge < -0.3 is 14.4 Å². The number of hydrogen-bond donors (Lipinski definition) is 0. The summed E-state index contributed by atoms with van der Waals surface area (Å²) in [6.07, 6.45) is 3.95. The van der Waals surface area contributed by atoms with Gasteiger partial charge in [-0.3, -0.25) is 0 Å². The average Bonchev–Trinajstić information content (AvgIpc) is 2.63. The van der Waals surface area contributed by atoms with Crippen LogP contribution in [0.1, 0.15) is 25.0 Å². The summed E-state index contributed by atoms with van der Waals surface area (Å²) in [5, 5.41) is 0. The summed E-state index contributed by atoms with van der Waals surface area (Å²) in [5.74, 6) is 2.67. The minimum atomic E-state index is 0.637. The van der Waals surface area contributed by atoms with Crippen LogP contribution in [0.5, 0.6) is 11.5 Å². The summed E-state index contributed by atoms with van der Waals surface area (Å²) in [6, 6.07) is 16.4. The van der Waals surface area contributed by atoms with Crippen LogP contribution in [-0.4, -0.2) is 30.5 Å². The van der Waals surface area contributed by atoms with Gasteiger partial charge in [0, 0.05) is 30.9 Å². The van der Waals surface area contributed by atoms with Gasteiger partial charge in [-0.05, 0) is 37.6 Å². The largest absolute Gasteiger partial charge is 0.494 e. The molecule has 0 amide bonds. The van der Waals surface area contributed by atoms with Crippen molar-refractivity contribution in [2.75, 3.05) is 19.8 Å². The smallest absolute Gasteiger partial charge is 0.136 e. The molecule has 0 N–H and O–H groups in total. The molecule has 0 bridgehead atoms. The third kappa shape index (κ3) is 4.41. The van der Waals surface area contributed by atoms with E-state index < -0.39 is 0 Å². The van der Waals surface area contributed by atoms with E-state index in [0.29, 0.717) is 13.2 Å². The van der Waals surface area contributed by atoms with Crippen LogP contribution in [0, 0.1) is 0 Å². The van der Waals surface area contributed by atoms with E-state index in [2.05, 4.69) is 40.2 Å². The third-order valence-electron chi connectivity index (χ3n) is 3.89. The zero-order chi connectivity index (χ0) is 17.5. The van der Waals surface area contributed by atoms with Crippen molar-refractivity contribution in [1.29, 1.82) is 0 Å². The maximum atomic E-state index is 5.69. The fourth-order valence-electron chi connectivity index (χ4n) is 2.89. The second kappa shape index (κ2) is 8.38. The molecule has 0 radical (unpaired) electrons. The van der Waals surface area contributed by atoms with E-state index in [4.69, 9.17) is 9.47 Å². The Hall–Kier alpha value is -2.75. The molecule has 0 saturated carbocycles. The van der Waals surface area contributed by atoms with Crippen molar-refractivity contribution in [3.8, 4) is 11.5 Å². The maximum Gasteiger partial charge on any atom is 0.136 e. The molecule has 0 atom stereocenters. The summed E-state index contributed by atoms with van der Waals surface area (Å²) in [7, 11) is 0. The van der Waals surface area contributed by atoms with Crippen LogP contribution in [0.3, 0.4) is 0 Å². The zero-order valence-electron chi connectivity index (χ0n) is 14.8. The Morgan fingerprint density at radius 1 is 0.960 bits per heavy atom. The number of benzene rings is 2. The molecular weight excluding hydrogens is 312 g/mol. The summed E-state index contributed by atoms with van der Waals surface area (Å²) in [4.78, 5) is 6.85. The minimum Gasteiger partial charge on any atom is -0.494 e. The van der Waals surface area contributed by atoms with Gasteiger partial charge in [0.05, 0.1) is 13.2 Å². The molecule has 3 rings (SSSR count). The average molecular weight is 336 g/mol. The minimum absolute atomic E-state index is 0.637. The Kier molecular flexibility index (Phi) is 5.73. The molecule has 0 spiro atoms. The quantitative estimate of drug-likeness (QED) is 0.757. The van der Waals surface area contributed by atoms with Gasteiger partial charge in [0.2, 0.25) is 0 Å². The van der Waals surface area contributed by atoms with E-state index in [1.807, 2.05) is 44.3 Å². The molecule has 2 aromatic carbocycles. The highest BCUT2D eigenvalue weighted by atomic mass is 16.5. The zero-order valence-corrected chi connectivity index (χ0v) is 14.8. The van der Waals surface area contributed by atoms with Gasteiger partial charge in [-0.1, -0.05) is 30.3 Å². The van der Waals surface area contributed by atoms with Crippen molar-refractivity contribution < 1.29 is 9.47 Å². The summed E-state index contributed by atoms with van der Waals surface area (Å²) in [6.45, 7) is 6.83. The van der Waals surface area contributed by atoms with Crippen molar-refractivity contribution >= 4 is 5.84 Å². The van der Waals surface area contributed by atoms with Gasteiger partial charge >= 0.3 is 0 Å². The fourth-order valence-corrected chi connectivity index (χ4v) is 2.89. The normalized spacial score (nSPS) is 13.5. The van der Waals surface area contributed by atoms with Gasteiger partial charge in [-0.25, -0.2) is 4.99 Å². The van der Waals surface area contributed by atoms with Crippen molar-refractivity contribution in [2.24, 2.45) is 4.99 Å². The third-order valence-corrected chi connectivity index (χ3v) is 3.89. The standard InChI is InChI=1S/C21H24N2O2/c1-3-24-19-13-17(14-20(15-19)25-4-2)16-23-12-8-11-22-21(23)18-9-6-5-7-10-18/h5-11,13-15H,3-4,12,16H2,1-2H3. The van der Waals surface area contributed by atoms with E-state index in [9.17, 15) is 0 Å². The molecule has 4 heteroatoms. The lowest BCUT2D eigenvalue weighted by molar-refractivity contribution is 0.321. The molecule has 1 aliphatic heterocycles. The van der Waals surface area contributed by atoms with Crippen LogP contribution < -0.4 is 9.47 Å². The van der Waals surface area contributed by atoms with Crippen LogP contribution >= 0.6 is 0 Å². The molecule has 0 unspecified atom stereocenters. The van der Waals surface area contributed by atoms with E-state index in [1.54, 1.807) is 0 Å². The van der Waals surface area contributed by atoms with Crippen LogP contribution in [-0.2, 0) is 6.54 Å². The van der Waals surface area contributed by atoms with Crippen LogP contribution in [0.25, 0.3) is 0 Å². The van der Waals surface area contributed by atoms with E-state index in [1.165, 1.54) is 0 Å². The molecule has 2 aromatic rings. The predicted octanol–water partition coefficient (Wildman–Crippen LogP) is 4.26. The van der Waals surface area contributed by atoms with Crippen molar-refractivity contribution in [3.63, 3.8) is 0 Å². The molecule has 0 aliphatic carbocycles. The van der Waals surface area contributed by atoms with Gasteiger partial charge in [-0.2, -0.15) is 0 Å². The van der Waals surface area contributed by atoms with Crippen LogP contribution in [0.2, 0.25) is 0 Å². The first-order valence-electron chi connectivity index (χ1n) is 8.73. The van der Waals surface area contributed by atoms with Gasteiger partial charge in [0.25, 0.3) is 0 Å².